The maximum atomic E-state index is 8.73. The lowest BCUT2D eigenvalue weighted by molar-refractivity contribution is 0.281. The summed E-state index contributed by atoms with van der Waals surface area (Å²) in [5.74, 6) is 1.44. The highest BCUT2D eigenvalue weighted by molar-refractivity contribution is 9.10. The van der Waals surface area contributed by atoms with Crippen molar-refractivity contribution in [2.24, 2.45) is 0 Å². The molecule has 0 saturated carbocycles. The van der Waals surface area contributed by atoms with E-state index in [2.05, 4.69) is 51.7 Å². The number of hydrogen-bond acceptors (Lipinski definition) is 5. The molecule has 0 amide bonds. The Morgan fingerprint density at radius 1 is 1.07 bits per heavy atom. The van der Waals surface area contributed by atoms with Crippen molar-refractivity contribution in [3.63, 3.8) is 0 Å². The maximum Gasteiger partial charge on any atom is 0.175 e. The Bertz CT molecular complexity index is 710. The van der Waals surface area contributed by atoms with Gasteiger partial charge in [0.2, 0.25) is 0 Å². The summed E-state index contributed by atoms with van der Waals surface area (Å²) in [6, 6.07) is 12.3. The van der Waals surface area contributed by atoms with Crippen molar-refractivity contribution in [3.05, 3.63) is 57.6 Å². The van der Waals surface area contributed by atoms with Gasteiger partial charge in [0.25, 0.3) is 0 Å². The number of nitrogens with one attached hydrogen (secondary N) is 2. The minimum Gasteiger partial charge on any atom is -0.493 e. The third-order valence-corrected chi connectivity index (χ3v) is 4.84. The second-order valence-electron chi connectivity index (χ2n) is 6.33. The molecule has 0 atom stereocenters. The van der Waals surface area contributed by atoms with E-state index < -0.39 is 0 Å². The van der Waals surface area contributed by atoms with Gasteiger partial charge in [0, 0.05) is 13.1 Å². The van der Waals surface area contributed by atoms with Crippen molar-refractivity contribution in [1.82, 2.24) is 10.6 Å². The fraction of sp³-hybridized carbons (Fsp3) is 0.429. The van der Waals surface area contributed by atoms with E-state index in [1.807, 2.05) is 18.2 Å². The van der Waals surface area contributed by atoms with Crippen LogP contribution in [-0.4, -0.2) is 38.5 Å². The smallest absolute Gasteiger partial charge is 0.175 e. The van der Waals surface area contributed by atoms with Crippen LogP contribution >= 0.6 is 15.9 Å². The number of aryl methyl sites for hydroxylation is 1. The van der Waals surface area contributed by atoms with Gasteiger partial charge in [0.15, 0.2) is 11.5 Å². The summed E-state index contributed by atoms with van der Waals surface area (Å²) >= 11 is 3.62. The zero-order valence-corrected chi connectivity index (χ0v) is 17.6. The Morgan fingerprint density at radius 2 is 1.85 bits per heavy atom. The fourth-order valence-corrected chi connectivity index (χ4v) is 3.32. The van der Waals surface area contributed by atoms with Crippen LogP contribution in [0.4, 0.5) is 0 Å². The molecule has 2 aromatic rings. The number of aliphatic hydroxyl groups is 1. The average molecular weight is 437 g/mol. The molecular formula is C21H29BrN2O3. The number of methoxy groups -OCH3 is 1. The highest BCUT2D eigenvalue weighted by Crippen LogP contribution is 2.37. The Kier molecular flexibility index (Phi) is 9.62. The van der Waals surface area contributed by atoms with Crippen molar-refractivity contribution in [2.45, 2.75) is 26.5 Å². The average Bonchev–Trinajstić information content (AvgIpc) is 2.67. The molecule has 0 aliphatic heterocycles. The van der Waals surface area contributed by atoms with Gasteiger partial charge in [-0.05, 0) is 71.2 Å². The van der Waals surface area contributed by atoms with Crippen LogP contribution in [0.2, 0.25) is 0 Å². The van der Waals surface area contributed by atoms with Gasteiger partial charge in [-0.15, -0.1) is 0 Å². The summed E-state index contributed by atoms with van der Waals surface area (Å²) in [4.78, 5) is 0. The standard InChI is InChI=1S/C21H29BrN2O3/c1-16-6-3-4-7-18(16)15-27-21-19(22)12-17(13-20(21)26-2)14-24-9-5-8-23-10-11-25/h3-4,6-7,12-13,23-25H,5,8-11,14-15H2,1-2H3. The number of ether oxygens (including phenoxy) is 2. The third-order valence-electron chi connectivity index (χ3n) is 4.25. The summed E-state index contributed by atoms with van der Waals surface area (Å²) in [7, 11) is 1.66. The minimum absolute atomic E-state index is 0.180. The number of halogens is 1. The van der Waals surface area contributed by atoms with Crippen LogP contribution in [-0.2, 0) is 13.2 Å². The maximum absolute atomic E-state index is 8.73. The summed E-state index contributed by atoms with van der Waals surface area (Å²) < 4.78 is 12.5. The zero-order valence-electron chi connectivity index (χ0n) is 16.1. The molecule has 3 N–H and O–H groups in total. The lowest BCUT2D eigenvalue weighted by Crippen LogP contribution is -2.23. The summed E-state index contributed by atoms with van der Waals surface area (Å²) in [6.45, 7) is 5.97. The molecule has 0 aliphatic carbocycles. The second-order valence-corrected chi connectivity index (χ2v) is 7.18. The normalized spacial score (nSPS) is 10.8. The number of aliphatic hydroxyl groups excluding tert-OH is 1. The van der Waals surface area contributed by atoms with E-state index in [0.29, 0.717) is 13.2 Å². The number of benzene rings is 2. The SMILES string of the molecule is COc1cc(CNCCCNCCO)cc(Br)c1OCc1ccccc1C. The number of hydrogen-bond donors (Lipinski definition) is 3. The highest BCUT2D eigenvalue weighted by Gasteiger charge is 2.12. The summed E-state index contributed by atoms with van der Waals surface area (Å²) in [5, 5.41) is 15.3. The molecule has 0 spiro atoms. The molecule has 0 fully saturated rings. The molecule has 0 unspecified atom stereocenters. The number of rotatable bonds is 12. The van der Waals surface area contributed by atoms with Gasteiger partial charge in [-0.2, -0.15) is 0 Å². The second kappa shape index (κ2) is 12.0. The summed E-state index contributed by atoms with van der Waals surface area (Å²) in [6.07, 6.45) is 1.01. The fourth-order valence-electron chi connectivity index (χ4n) is 2.71. The first-order chi connectivity index (χ1) is 13.2. The topological polar surface area (TPSA) is 62.8 Å². The molecular weight excluding hydrogens is 408 g/mol. The first-order valence-corrected chi connectivity index (χ1v) is 10.0. The van der Waals surface area contributed by atoms with E-state index in [9.17, 15) is 0 Å². The van der Waals surface area contributed by atoms with Gasteiger partial charge in [-0.25, -0.2) is 0 Å². The van der Waals surface area contributed by atoms with Crippen molar-refractivity contribution >= 4 is 15.9 Å². The molecule has 0 aliphatic rings. The van der Waals surface area contributed by atoms with Gasteiger partial charge in [0.1, 0.15) is 6.61 Å². The Balaban J connectivity index is 1.91. The van der Waals surface area contributed by atoms with Crippen molar-refractivity contribution in [1.29, 1.82) is 0 Å². The molecule has 0 saturated heterocycles. The molecule has 148 valence electrons. The van der Waals surface area contributed by atoms with E-state index in [-0.39, 0.29) is 6.61 Å². The Morgan fingerprint density at radius 3 is 2.59 bits per heavy atom. The molecule has 2 aromatic carbocycles. The van der Waals surface area contributed by atoms with Crippen LogP contribution in [0.25, 0.3) is 0 Å². The Labute approximate surface area is 170 Å². The first kappa shape index (κ1) is 21.7. The quantitative estimate of drug-likeness (QED) is 0.445. The van der Waals surface area contributed by atoms with Gasteiger partial charge in [-0.1, -0.05) is 24.3 Å². The van der Waals surface area contributed by atoms with Gasteiger partial charge in [-0.3, -0.25) is 0 Å². The van der Waals surface area contributed by atoms with E-state index in [0.717, 1.165) is 53.2 Å². The van der Waals surface area contributed by atoms with Crippen LogP contribution in [0.1, 0.15) is 23.1 Å². The van der Waals surface area contributed by atoms with Crippen LogP contribution < -0.4 is 20.1 Å². The molecule has 0 radical (unpaired) electrons. The monoisotopic (exact) mass is 436 g/mol. The zero-order chi connectivity index (χ0) is 19.5. The first-order valence-electron chi connectivity index (χ1n) is 9.21. The van der Waals surface area contributed by atoms with Crippen molar-refractivity contribution in [3.8, 4) is 11.5 Å². The predicted molar refractivity (Wildman–Crippen MR) is 112 cm³/mol. The largest absolute Gasteiger partial charge is 0.493 e. The third kappa shape index (κ3) is 7.14. The van der Waals surface area contributed by atoms with E-state index >= 15 is 0 Å². The predicted octanol–water partition coefficient (Wildman–Crippen LogP) is 3.41. The van der Waals surface area contributed by atoms with Gasteiger partial charge in [0.05, 0.1) is 18.2 Å². The van der Waals surface area contributed by atoms with Gasteiger partial charge >= 0.3 is 0 Å². The molecule has 5 nitrogen and oxygen atoms in total. The van der Waals surface area contributed by atoms with E-state index in [1.54, 1.807) is 7.11 Å². The van der Waals surface area contributed by atoms with Gasteiger partial charge < -0.3 is 25.2 Å². The molecule has 0 bridgehead atoms. The van der Waals surface area contributed by atoms with E-state index in [1.165, 1.54) is 5.56 Å². The molecule has 0 aromatic heterocycles. The van der Waals surface area contributed by atoms with Crippen molar-refractivity contribution < 1.29 is 14.6 Å². The molecule has 0 heterocycles. The van der Waals surface area contributed by atoms with Crippen LogP contribution in [0.15, 0.2) is 40.9 Å². The summed E-state index contributed by atoms with van der Waals surface area (Å²) in [5.41, 5.74) is 3.50. The van der Waals surface area contributed by atoms with Crippen LogP contribution in [0.3, 0.4) is 0 Å². The van der Waals surface area contributed by atoms with Crippen LogP contribution in [0, 0.1) is 6.92 Å². The Hall–Kier alpha value is -1.60. The van der Waals surface area contributed by atoms with E-state index in [4.69, 9.17) is 14.6 Å². The molecule has 6 heteroatoms. The van der Waals surface area contributed by atoms with Crippen LogP contribution in [0.5, 0.6) is 11.5 Å². The molecule has 2 rings (SSSR count). The molecule has 27 heavy (non-hydrogen) atoms. The van der Waals surface area contributed by atoms with Crippen molar-refractivity contribution in [2.75, 3.05) is 33.4 Å². The lowest BCUT2D eigenvalue weighted by Gasteiger charge is -2.15. The highest BCUT2D eigenvalue weighted by atomic mass is 79.9. The minimum atomic E-state index is 0.180. The lowest BCUT2D eigenvalue weighted by atomic mass is 10.1.